The minimum atomic E-state index is -0.863. The van der Waals surface area contributed by atoms with Crippen LogP contribution in [0.1, 0.15) is 6.42 Å². The highest BCUT2D eigenvalue weighted by molar-refractivity contribution is 9.10. The largest absolute Gasteiger partial charge is 0.472 e. The van der Waals surface area contributed by atoms with Crippen molar-refractivity contribution in [2.75, 3.05) is 17.1 Å². The molecule has 0 bridgehead atoms. The third kappa shape index (κ3) is 1.26. The highest BCUT2D eigenvalue weighted by atomic mass is 79.9. The molecule has 0 aliphatic carbocycles. The fourth-order valence-corrected chi connectivity index (χ4v) is 2.53. The molecule has 0 saturated carbocycles. The number of amides is 1. The molecule has 3 rings (SSSR count). The van der Waals surface area contributed by atoms with Crippen molar-refractivity contribution in [2.24, 2.45) is 0 Å². The summed E-state index contributed by atoms with van der Waals surface area (Å²) in [6.07, 6.45) is 3.80. The third-order valence-corrected chi connectivity index (χ3v) is 3.54. The van der Waals surface area contributed by atoms with Crippen LogP contribution in [-0.2, 0) is 9.53 Å². The summed E-state index contributed by atoms with van der Waals surface area (Å²) in [5, 5.41) is 0. The Morgan fingerprint density at radius 3 is 3.19 bits per heavy atom. The van der Waals surface area contributed by atoms with Gasteiger partial charge in [-0.2, -0.15) is 0 Å². The summed E-state index contributed by atoms with van der Waals surface area (Å²) in [6.45, 7) is 0.850. The summed E-state index contributed by atoms with van der Waals surface area (Å²) in [5.74, 6) is 0.516. The number of rotatable bonds is 0. The van der Waals surface area contributed by atoms with Crippen molar-refractivity contribution < 1.29 is 14.3 Å². The number of aromatic nitrogens is 1. The molecule has 3 heterocycles. The zero-order valence-electron chi connectivity index (χ0n) is 8.35. The van der Waals surface area contributed by atoms with Crippen molar-refractivity contribution in [3.05, 3.63) is 18.5 Å². The molecule has 1 amide bonds. The topological polar surface area (TPSA) is 51.7 Å². The molecule has 0 aromatic carbocycles. The molecule has 1 spiro atoms. The molecule has 0 N–H and O–H groups in total. The second-order valence-electron chi connectivity index (χ2n) is 3.83. The van der Waals surface area contributed by atoms with Crippen LogP contribution in [0.5, 0.6) is 5.75 Å². The van der Waals surface area contributed by atoms with Crippen LogP contribution < -0.4 is 8.66 Å². The maximum atomic E-state index is 12.2. The van der Waals surface area contributed by atoms with Crippen LogP contribution in [0.15, 0.2) is 18.5 Å². The first-order valence-corrected chi connectivity index (χ1v) is 5.65. The molecule has 84 valence electrons. The quantitative estimate of drug-likeness (QED) is 0.674. The Morgan fingerprint density at radius 1 is 1.56 bits per heavy atom. The fourth-order valence-electron chi connectivity index (χ4n) is 1.94. The van der Waals surface area contributed by atoms with E-state index in [1.54, 1.807) is 18.5 Å². The van der Waals surface area contributed by atoms with Crippen molar-refractivity contribution in [3.63, 3.8) is 0 Å². The van der Waals surface area contributed by atoms with E-state index in [1.807, 2.05) is 0 Å². The normalized spacial score (nSPS) is 28.1. The molecule has 1 fully saturated rings. The molecule has 1 saturated heterocycles. The van der Waals surface area contributed by atoms with Gasteiger partial charge in [-0.25, -0.2) is 3.93 Å². The van der Waals surface area contributed by atoms with Crippen LogP contribution in [0.4, 0.5) is 5.69 Å². The first-order chi connectivity index (χ1) is 7.73. The number of fused-ring (bicyclic) bond motifs is 1. The van der Waals surface area contributed by atoms with Gasteiger partial charge in [0.25, 0.3) is 5.91 Å². The molecule has 2 aliphatic heterocycles. The monoisotopic (exact) mass is 284 g/mol. The van der Waals surface area contributed by atoms with Gasteiger partial charge in [-0.1, -0.05) is 0 Å². The van der Waals surface area contributed by atoms with Crippen molar-refractivity contribution >= 4 is 27.7 Å². The third-order valence-electron chi connectivity index (χ3n) is 2.83. The molecule has 1 atom stereocenters. The number of hydrogen-bond donors (Lipinski definition) is 0. The highest BCUT2D eigenvalue weighted by Crippen LogP contribution is 2.41. The number of pyridine rings is 1. The molecular formula is C10H9BrN2O3. The number of carbonyl (C=O) groups is 1. The number of anilines is 1. The zero-order chi connectivity index (χ0) is 11.2. The minimum absolute atomic E-state index is 0.134. The lowest BCUT2D eigenvalue weighted by Crippen LogP contribution is -2.53. The first-order valence-electron chi connectivity index (χ1n) is 4.94. The first kappa shape index (κ1) is 10.0. The number of carbonyl (C=O) groups excluding carboxylic acids is 1. The number of nitrogens with zero attached hydrogens (tertiary/aromatic N) is 2. The highest BCUT2D eigenvalue weighted by Gasteiger charge is 2.51. The number of ether oxygens (including phenoxy) is 2. The van der Waals surface area contributed by atoms with E-state index in [1.165, 1.54) is 3.93 Å². The Bertz CT molecular complexity index is 445. The van der Waals surface area contributed by atoms with E-state index in [-0.39, 0.29) is 5.91 Å². The van der Waals surface area contributed by atoms with Gasteiger partial charge >= 0.3 is 0 Å². The van der Waals surface area contributed by atoms with Crippen molar-refractivity contribution in [1.82, 2.24) is 4.98 Å². The predicted molar refractivity (Wildman–Crippen MR) is 59.4 cm³/mol. The van der Waals surface area contributed by atoms with Crippen molar-refractivity contribution in [3.8, 4) is 5.75 Å². The van der Waals surface area contributed by atoms with E-state index >= 15 is 0 Å². The Balaban J connectivity index is 2.08. The number of hydrogen-bond acceptors (Lipinski definition) is 4. The molecule has 1 aromatic heterocycles. The molecule has 16 heavy (non-hydrogen) atoms. The zero-order valence-corrected chi connectivity index (χ0v) is 9.94. The van der Waals surface area contributed by atoms with Crippen LogP contribution in [0.25, 0.3) is 0 Å². The van der Waals surface area contributed by atoms with Gasteiger partial charge < -0.3 is 9.47 Å². The molecule has 5 nitrogen and oxygen atoms in total. The Hall–Kier alpha value is -1.14. The van der Waals surface area contributed by atoms with Gasteiger partial charge in [-0.05, 0) is 0 Å². The standard InChI is InChI=1S/C10H9BrN2O3/c11-13-7-5-12-3-1-8(7)16-10(9(13)14)2-4-15-6-10/h1,3,5H,2,4,6H2. The Kier molecular flexibility index (Phi) is 2.15. The Labute approximate surface area is 101 Å². The molecule has 1 aromatic rings. The molecule has 2 aliphatic rings. The average molecular weight is 285 g/mol. The van der Waals surface area contributed by atoms with Crippen LogP contribution in [-0.4, -0.2) is 29.7 Å². The van der Waals surface area contributed by atoms with Gasteiger partial charge in [0.2, 0.25) is 5.60 Å². The van der Waals surface area contributed by atoms with E-state index in [2.05, 4.69) is 21.1 Å². The molecular weight excluding hydrogens is 276 g/mol. The summed E-state index contributed by atoms with van der Waals surface area (Å²) in [4.78, 5) is 16.1. The minimum Gasteiger partial charge on any atom is -0.472 e. The Morgan fingerprint density at radius 2 is 2.44 bits per heavy atom. The molecule has 1 unspecified atom stereocenters. The van der Waals surface area contributed by atoms with Gasteiger partial charge in [0.15, 0.2) is 0 Å². The summed E-state index contributed by atoms with van der Waals surface area (Å²) in [5.41, 5.74) is -0.234. The van der Waals surface area contributed by atoms with Crippen LogP contribution in [0, 0.1) is 0 Å². The summed E-state index contributed by atoms with van der Waals surface area (Å²) in [7, 11) is 0. The van der Waals surface area contributed by atoms with Crippen LogP contribution >= 0.6 is 16.1 Å². The summed E-state index contributed by atoms with van der Waals surface area (Å²) >= 11 is 3.25. The summed E-state index contributed by atoms with van der Waals surface area (Å²) in [6, 6.07) is 1.75. The van der Waals surface area contributed by atoms with Gasteiger partial charge in [-0.3, -0.25) is 9.78 Å². The van der Waals surface area contributed by atoms with Gasteiger partial charge in [-0.15, -0.1) is 0 Å². The number of halogens is 1. The van der Waals surface area contributed by atoms with Gasteiger partial charge in [0, 0.05) is 18.7 Å². The van der Waals surface area contributed by atoms with Crippen molar-refractivity contribution in [1.29, 1.82) is 0 Å². The molecule has 6 heteroatoms. The lowest BCUT2D eigenvalue weighted by atomic mass is 10.00. The fraction of sp³-hybridized carbons (Fsp3) is 0.400. The van der Waals surface area contributed by atoms with E-state index in [9.17, 15) is 4.79 Å². The molecule has 0 radical (unpaired) electrons. The maximum Gasteiger partial charge on any atom is 0.283 e. The van der Waals surface area contributed by atoms with Crippen LogP contribution in [0.3, 0.4) is 0 Å². The SMILES string of the molecule is O=C1N(Br)c2cnccc2OC12CCOC2. The van der Waals surface area contributed by atoms with Crippen LogP contribution in [0.2, 0.25) is 0 Å². The lowest BCUT2D eigenvalue weighted by molar-refractivity contribution is -0.133. The lowest BCUT2D eigenvalue weighted by Gasteiger charge is -2.36. The maximum absolute atomic E-state index is 12.2. The van der Waals surface area contributed by atoms with E-state index in [0.717, 1.165) is 0 Å². The van der Waals surface area contributed by atoms with Crippen molar-refractivity contribution in [2.45, 2.75) is 12.0 Å². The van der Waals surface area contributed by atoms with Gasteiger partial charge in [0.1, 0.15) is 11.4 Å². The smallest absolute Gasteiger partial charge is 0.283 e. The average Bonchev–Trinajstić information content (AvgIpc) is 2.76. The van der Waals surface area contributed by atoms with Gasteiger partial charge in [0.05, 0.1) is 35.6 Å². The van der Waals surface area contributed by atoms with E-state index in [0.29, 0.717) is 31.1 Å². The van der Waals surface area contributed by atoms with E-state index < -0.39 is 5.60 Å². The van der Waals surface area contributed by atoms with E-state index in [4.69, 9.17) is 9.47 Å². The predicted octanol–water partition coefficient (Wildman–Crippen LogP) is 1.28. The second kappa shape index (κ2) is 3.43. The summed E-state index contributed by atoms with van der Waals surface area (Å²) < 4.78 is 12.4. The second-order valence-corrected chi connectivity index (χ2v) is 4.54.